The Kier molecular flexibility index (Phi) is 5.14. The molecule has 0 fully saturated rings. The minimum Gasteiger partial charge on any atom is -0.408 e. The molecule has 0 atom stereocenters. The molecular weight excluding hydrogens is 382 g/mol. The Hall–Kier alpha value is -2.00. The Bertz CT molecular complexity index is 995. The van der Waals surface area contributed by atoms with Gasteiger partial charge in [-0.2, -0.15) is 0 Å². The molecule has 0 saturated heterocycles. The molecular formula is C18H21N5O2S2. The molecule has 3 aromatic rings. The van der Waals surface area contributed by atoms with Crippen LogP contribution in [0.2, 0.25) is 0 Å². The van der Waals surface area contributed by atoms with Crippen LogP contribution in [0.5, 0.6) is 0 Å². The number of nitrogens with one attached hydrogen (secondary N) is 1. The quantitative estimate of drug-likeness (QED) is 0.506. The normalized spacial score (nSPS) is 13.9. The maximum Gasteiger partial charge on any atom is 0.322 e. The van der Waals surface area contributed by atoms with Crippen LogP contribution in [-0.4, -0.2) is 31.8 Å². The van der Waals surface area contributed by atoms with Crippen LogP contribution in [0.3, 0.4) is 0 Å². The Morgan fingerprint density at radius 3 is 2.85 bits per heavy atom. The molecule has 0 spiro atoms. The number of carbonyl (C=O) groups excluding carboxylic acids is 1. The van der Waals surface area contributed by atoms with E-state index in [4.69, 9.17) is 4.42 Å². The summed E-state index contributed by atoms with van der Waals surface area (Å²) >= 11 is 3.21. The zero-order valence-electron chi connectivity index (χ0n) is 15.5. The summed E-state index contributed by atoms with van der Waals surface area (Å²) in [6, 6.07) is 0.140. The van der Waals surface area contributed by atoms with Crippen molar-refractivity contribution in [1.29, 1.82) is 0 Å². The van der Waals surface area contributed by atoms with E-state index in [1.54, 1.807) is 11.3 Å². The number of hydrogen-bond acceptors (Lipinski definition) is 8. The summed E-state index contributed by atoms with van der Waals surface area (Å²) < 4.78 is 5.43. The van der Waals surface area contributed by atoms with Crippen molar-refractivity contribution in [3.63, 3.8) is 0 Å². The third kappa shape index (κ3) is 3.84. The van der Waals surface area contributed by atoms with Crippen LogP contribution in [0.25, 0.3) is 10.2 Å². The van der Waals surface area contributed by atoms with Gasteiger partial charge in [0.25, 0.3) is 0 Å². The van der Waals surface area contributed by atoms with Crippen LogP contribution >= 0.6 is 23.1 Å². The largest absolute Gasteiger partial charge is 0.408 e. The number of aryl methyl sites for hydroxylation is 3. The molecule has 1 N–H and O–H groups in total. The number of carbonyl (C=O) groups is 1. The van der Waals surface area contributed by atoms with Gasteiger partial charge in [0.05, 0.1) is 5.75 Å². The smallest absolute Gasteiger partial charge is 0.322 e. The van der Waals surface area contributed by atoms with E-state index in [2.05, 4.69) is 25.5 Å². The fourth-order valence-corrected chi connectivity index (χ4v) is 5.41. The lowest BCUT2D eigenvalue weighted by Crippen LogP contribution is -2.14. The van der Waals surface area contributed by atoms with Crippen LogP contribution < -0.4 is 5.32 Å². The zero-order chi connectivity index (χ0) is 19.0. The second kappa shape index (κ2) is 7.55. The van der Waals surface area contributed by atoms with Gasteiger partial charge < -0.3 is 4.42 Å². The van der Waals surface area contributed by atoms with Crippen molar-refractivity contribution in [2.75, 3.05) is 11.1 Å². The first-order valence-electron chi connectivity index (χ1n) is 9.06. The highest BCUT2D eigenvalue weighted by atomic mass is 32.2. The Labute approximate surface area is 165 Å². The van der Waals surface area contributed by atoms with Gasteiger partial charge in [-0.15, -0.1) is 16.4 Å². The number of thioether (sulfide) groups is 1. The summed E-state index contributed by atoms with van der Waals surface area (Å²) in [5, 5.41) is 12.5. The summed E-state index contributed by atoms with van der Waals surface area (Å²) in [4.78, 5) is 24.0. The Balaban J connectivity index is 1.51. The second-order valence-electron chi connectivity index (χ2n) is 6.90. The first-order chi connectivity index (χ1) is 13.0. The van der Waals surface area contributed by atoms with Gasteiger partial charge in [0.2, 0.25) is 11.8 Å². The summed E-state index contributed by atoms with van der Waals surface area (Å²) in [5.41, 5.74) is 1.38. The molecule has 0 bridgehead atoms. The van der Waals surface area contributed by atoms with Crippen molar-refractivity contribution in [2.45, 2.75) is 57.4 Å². The molecule has 9 heteroatoms. The molecule has 0 aliphatic heterocycles. The van der Waals surface area contributed by atoms with Gasteiger partial charge >= 0.3 is 6.01 Å². The van der Waals surface area contributed by atoms with E-state index < -0.39 is 0 Å². The molecule has 1 aliphatic rings. The Morgan fingerprint density at radius 2 is 2.07 bits per heavy atom. The lowest BCUT2D eigenvalue weighted by atomic mass is 9.97. The zero-order valence-corrected chi connectivity index (χ0v) is 17.2. The molecule has 27 heavy (non-hydrogen) atoms. The maximum atomic E-state index is 12.3. The first-order valence-corrected chi connectivity index (χ1v) is 10.9. The molecule has 0 saturated carbocycles. The molecule has 1 aliphatic carbocycles. The molecule has 3 aromatic heterocycles. The molecule has 1 amide bonds. The van der Waals surface area contributed by atoms with Crippen molar-refractivity contribution in [2.24, 2.45) is 0 Å². The maximum absolute atomic E-state index is 12.3. The third-order valence-electron chi connectivity index (χ3n) is 4.41. The number of fused-ring (bicyclic) bond motifs is 3. The number of rotatable bonds is 5. The van der Waals surface area contributed by atoms with E-state index in [9.17, 15) is 4.79 Å². The summed E-state index contributed by atoms with van der Waals surface area (Å²) in [6.45, 7) is 5.81. The number of hydrogen-bond donors (Lipinski definition) is 1. The van der Waals surface area contributed by atoms with Crippen LogP contribution in [0.1, 0.15) is 54.8 Å². The molecule has 0 aromatic carbocycles. The summed E-state index contributed by atoms with van der Waals surface area (Å²) in [6.07, 6.45) is 4.63. The van der Waals surface area contributed by atoms with Crippen molar-refractivity contribution in [3.05, 3.63) is 22.2 Å². The standard InChI is InChI=1S/C18H21N5O2S2/c1-9(2)15-22-23-18(25-15)21-13(24)8-26-16-14-11-6-4-5-7-12(11)27-17(14)20-10(3)19-16/h9H,4-8H2,1-3H3,(H,21,23,24). The number of aromatic nitrogens is 4. The van der Waals surface area contributed by atoms with Gasteiger partial charge in [-0.3, -0.25) is 10.1 Å². The van der Waals surface area contributed by atoms with Crippen LogP contribution in [0, 0.1) is 6.92 Å². The van der Waals surface area contributed by atoms with Crippen LogP contribution in [0.15, 0.2) is 9.44 Å². The predicted molar refractivity (Wildman–Crippen MR) is 107 cm³/mol. The van der Waals surface area contributed by atoms with Crippen LogP contribution in [-0.2, 0) is 17.6 Å². The SMILES string of the molecule is Cc1nc(SCC(=O)Nc2nnc(C(C)C)o2)c2c3c(sc2n1)CCCC3. The molecule has 0 radical (unpaired) electrons. The van der Waals surface area contributed by atoms with E-state index in [0.717, 1.165) is 33.9 Å². The van der Waals surface area contributed by atoms with Gasteiger partial charge in [0.15, 0.2) is 0 Å². The van der Waals surface area contributed by atoms with Gasteiger partial charge in [-0.1, -0.05) is 30.7 Å². The number of amides is 1. The highest BCUT2D eigenvalue weighted by Gasteiger charge is 2.21. The number of nitrogens with zero attached hydrogens (tertiary/aromatic N) is 4. The van der Waals surface area contributed by atoms with Crippen molar-refractivity contribution in [3.8, 4) is 0 Å². The van der Waals surface area contributed by atoms with Gasteiger partial charge in [0.1, 0.15) is 15.7 Å². The van der Waals surface area contributed by atoms with Gasteiger partial charge in [-0.25, -0.2) is 9.97 Å². The van der Waals surface area contributed by atoms with Crippen molar-refractivity contribution in [1.82, 2.24) is 20.2 Å². The van der Waals surface area contributed by atoms with Crippen molar-refractivity contribution >= 4 is 45.2 Å². The number of thiophene rings is 1. The molecule has 7 nitrogen and oxygen atoms in total. The Morgan fingerprint density at radius 1 is 1.26 bits per heavy atom. The minimum absolute atomic E-state index is 0.125. The number of anilines is 1. The van der Waals surface area contributed by atoms with Crippen LogP contribution in [0.4, 0.5) is 6.01 Å². The van der Waals surface area contributed by atoms with E-state index in [0.29, 0.717) is 5.89 Å². The minimum atomic E-state index is -0.188. The van der Waals surface area contributed by atoms with Gasteiger partial charge in [0, 0.05) is 16.2 Å². The predicted octanol–water partition coefficient (Wildman–Crippen LogP) is 4.12. The molecule has 3 heterocycles. The van der Waals surface area contributed by atoms with E-state index >= 15 is 0 Å². The highest BCUT2D eigenvalue weighted by Crippen LogP contribution is 2.39. The fraction of sp³-hybridized carbons (Fsp3) is 0.500. The fourth-order valence-electron chi connectivity index (χ4n) is 3.14. The first kappa shape index (κ1) is 18.4. The van der Waals surface area contributed by atoms with E-state index in [-0.39, 0.29) is 23.6 Å². The monoisotopic (exact) mass is 403 g/mol. The average Bonchev–Trinajstić information content (AvgIpc) is 3.23. The highest BCUT2D eigenvalue weighted by molar-refractivity contribution is 8.00. The summed E-state index contributed by atoms with van der Waals surface area (Å²) in [7, 11) is 0. The van der Waals surface area contributed by atoms with E-state index in [1.165, 1.54) is 35.0 Å². The lowest BCUT2D eigenvalue weighted by molar-refractivity contribution is -0.113. The molecule has 4 rings (SSSR count). The lowest BCUT2D eigenvalue weighted by Gasteiger charge is -2.11. The molecule has 0 unspecified atom stereocenters. The topological polar surface area (TPSA) is 93.8 Å². The van der Waals surface area contributed by atoms with E-state index in [1.807, 2.05) is 20.8 Å². The molecule has 142 valence electrons. The van der Waals surface area contributed by atoms with Crippen molar-refractivity contribution < 1.29 is 9.21 Å². The van der Waals surface area contributed by atoms with Gasteiger partial charge in [-0.05, 0) is 38.2 Å². The average molecular weight is 404 g/mol. The summed E-state index contributed by atoms with van der Waals surface area (Å²) in [5.74, 6) is 1.42. The second-order valence-corrected chi connectivity index (χ2v) is 8.95. The third-order valence-corrected chi connectivity index (χ3v) is 6.58.